The summed E-state index contributed by atoms with van der Waals surface area (Å²) in [5.74, 6) is 0.352. The van der Waals surface area contributed by atoms with Gasteiger partial charge in [0, 0.05) is 23.8 Å². The van der Waals surface area contributed by atoms with E-state index in [1.807, 2.05) is 23.0 Å². The molecule has 0 atom stereocenters. The zero-order chi connectivity index (χ0) is 15.0. The molecule has 0 fully saturated rings. The molecule has 0 aliphatic heterocycles. The number of halogens is 1. The standard InChI is InChI=1S/C16H17ClN4/c1-4-21-16-13(9-19-21)12(8-14(20-16)10(2)3)11-5-6-18-15(17)7-11/h5-10H,4H2,1-3H3. The van der Waals surface area contributed by atoms with Gasteiger partial charge in [0.15, 0.2) is 5.65 Å². The maximum absolute atomic E-state index is 6.03. The average Bonchev–Trinajstić information content (AvgIpc) is 2.89. The van der Waals surface area contributed by atoms with Crippen molar-refractivity contribution in [1.29, 1.82) is 0 Å². The Morgan fingerprint density at radius 1 is 1.29 bits per heavy atom. The third-order valence-electron chi connectivity index (χ3n) is 3.56. The van der Waals surface area contributed by atoms with E-state index in [4.69, 9.17) is 16.6 Å². The van der Waals surface area contributed by atoms with Gasteiger partial charge in [0.2, 0.25) is 0 Å². The monoisotopic (exact) mass is 300 g/mol. The lowest BCUT2D eigenvalue weighted by Gasteiger charge is -2.10. The molecule has 0 bridgehead atoms. The smallest absolute Gasteiger partial charge is 0.158 e. The van der Waals surface area contributed by atoms with Crippen LogP contribution in [0.5, 0.6) is 0 Å². The largest absolute Gasteiger partial charge is 0.248 e. The van der Waals surface area contributed by atoms with Crippen LogP contribution in [0, 0.1) is 0 Å². The fourth-order valence-electron chi connectivity index (χ4n) is 2.40. The zero-order valence-corrected chi connectivity index (χ0v) is 13.1. The van der Waals surface area contributed by atoms with Crippen molar-refractivity contribution in [2.75, 3.05) is 0 Å². The topological polar surface area (TPSA) is 43.6 Å². The summed E-state index contributed by atoms with van der Waals surface area (Å²) in [5.41, 5.74) is 4.12. The molecule has 3 heterocycles. The molecular formula is C16H17ClN4. The Kier molecular flexibility index (Phi) is 3.64. The number of aryl methyl sites for hydroxylation is 1. The molecule has 4 nitrogen and oxygen atoms in total. The number of fused-ring (bicyclic) bond motifs is 1. The molecule has 0 radical (unpaired) electrons. The third-order valence-corrected chi connectivity index (χ3v) is 3.76. The van der Waals surface area contributed by atoms with E-state index in [1.165, 1.54) is 0 Å². The van der Waals surface area contributed by atoms with Crippen molar-refractivity contribution in [3.8, 4) is 11.1 Å². The van der Waals surface area contributed by atoms with Gasteiger partial charge in [-0.1, -0.05) is 25.4 Å². The van der Waals surface area contributed by atoms with Crippen LogP contribution in [0.2, 0.25) is 5.15 Å². The van der Waals surface area contributed by atoms with Crippen molar-refractivity contribution in [3.05, 3.63) is 41.4 Å². The lowest BCUT2D eigenvalue weighted by Crippen LogP contribution is -2.01. The second kappa shape index (κ2) is 5.45. The second-order valence-corrected chi connectivity index (χ2v) is 5.70. The van der Waals surface area contributed by atoms with E-state index in [9.17, 15) is 0 Å². The first-order valence-electron chi connectivity index (χ1n) is 7.08. The molecule has 5 heteroatoms. The van der Waals surface area contributed by atoms with E-state index in [-0.39, 0.29) is 0 Å². The molecule has 21 heavy (non-hydrogen) atoms. The summed E-state index contributed by atoms with van der Waals surface area (Å²) in [7, 11) is 0. The predicted molar refractivity (Wildman–Crippen MR) is 85.5 cm³/mol. The summed E-state index contributed by atoms with van der Waals surface area (Å²) < 4.78 is 1.92. The van der Waals surface area contributed by atoms with Gasteiger partial charge in [0.1, 0.15) is 5.15 Å². The average molecular weight is 301 g/mol. The summed E-state index contributed by atoms with van der Waals surface area (Å²) >= 11 is 6.03. The van der Waals surface area contributed by atoms with Crippen molar-refractivity contribution in [2.24, 2.45) is 0 Å². The Balaban J connectivity index is 2.32. The summed E-state index contributed by atoms with van der Waals surface area (Å²) in [5, 5.41) is 5.97. The first kappa shape index (κ1) is 14.0. The first-order valence-corrected chi connectivity index (χ1v) is 7.46. The maximum Gasteiger partial charge on any atom is 0.158 e. The lowest BCUT2D eigenvalue weighted by molar-refractivity contribution is 0.673. The molecule has 0 saturated carbocycles. The third kappa shape index (κ3) is 2.51. The van der Waals surface area contributed by atoms with E-state index < -0.39 is 0 Å². The highest BCUT2D eigenvalue weighted by Crippen LogP contribution is 2.31. The fraction of sp³-hybridized carbons (Fsp3) is 0.312. The number of aromatic nitrogens is 4. The van der Waals surface area contributed by atoms with Crippen molar-refractivity contribution < 1.29 is 0 Å². The SMILES string of the molecule is CCn1ncc2c(-c3ccnc(Cl)c3)cc(C(C)C)nc21. The molecule has 0 saturated heterocycles. The van der Waals surface area contributed by atoms with E-state index in [2.05, 4.69) is 36.9 Å². The van der Waals surface area contributed by atoms with Crippen molar-refractivity contribution in [3.63, 3.8) is 0 Å². The van der Waals surface area contributed by atoms with Crippen molar-refractivity contribution >= 4 is 22.6 Å². The predicted octanol–water partition coefficient (Wildman–Crippen LogP) is 4.29. The van der Waals surface area contributed by atoms with E-state index >= 15 is 0 Å². The summed E-state index contributed by atoms with van der Waals surface area (Å²) in [6.07, 6.45) is 3.60. The second-order valence-electron chi connectivity index (χ2n) is 5.31. The zero-order valence-electron chi connectivity index (χ0n) is 12.3. The van der Waals surface area contributed by atoms with Crippen LogP contribution in [0.4, 0.5) is 0 Å². The van der Waals surface area contributed by atoms with Gasteiger partial charge in [-0.2, -0.15) is 5.10 Å². The molecule has 0 aliphatic carbocycles. The molecule has 3 rings (SSSR count). The van der Waals surface area contributed by atoms with Gasteiger partial charge in [-0.3, -0.25) is 0 Å². The minimum Gasteiger partial charge on any atom is -0.248 e. The van der Waals surface area contributed by atoms with E-state index in [1.54, 1.807) is 6.20 Å². The number of hydrogen-bond acceptors (Lipinski definition) is 3. The number of pyridine rings is 2. The Morgan fingerprint density at radius 2 is 2.10 bits per heavy atom. The van der Waals surface area contributed by atoms with Crippen LogP contribution in [0.3, 0.4) is 0 Å². The number of hydrogen-bond donors (Lipinski definition) is 0. The molecule has 0 aliphatic rings. The van der Waals surface area contributed by atoms with Gasteiger partial charge in [-0.25, -0.2) is 14.6 Å². The summed E-state index contributed by atoms with van der Waals surface area (Å²) in [4.78, 5) is 8.82. The Labute approximate surface area is 128 Å². The van der Waals surface area contributed by atoms with Crippen LogP contribution in [-0.2, 0) is 6.54 Å². The highest BCUT2D eigenvalue weighted by atomic mass is 35.5. The summed E-state index contributed by atoms with van der Waals surface area (Å²) in [6.45, 7) is 7.15. The molecule has 3 aromatic rings. The number of nitrogens with zero attached hydrogens (tertiary/aromatic N) is 4. The van der Waals surface area contributed by atoms with E-state index in [0.717, 1.165) is 34.4 Å². The van der Waals surface area contributed by atoms with Crippen LogP contribution >= 0.6 is 11.6 Å². The molecule has 108 valence electrons. The summed E-state index contributed by atoms with van der Waals surface area (Å²) in [6, 6.07) is 5.97. The van der Waals surface area contributed by atoms with Gasteiger partial charge < -0.3 is 0 Å². The molecular weight excluding hydrogens is 284 g/mol. The van der Waals surface area contributed by atoms with Gasteiger partial charge >= 0.3 is 0 Å². The minimum absolute atomic E-state index is 0.352. The van der Waals surface area contributed by atoms with Crippen molar-refractivity contribution in [1.82, 2.24) is 19.7 Å². The van der Waals surface area contributed by atoms with Gasteiger partial charge in [-0.05, 0) is 42.2 Å². The van der Waals surface area contributed by atoms with E-state index in [0.29, 0.717) is 11.1 Å². The number of rotatable bonds is 3. The van der Waals surface area contributed by atoms with Crippen LogP contribution < -0.4 is 0 Å². The highest BCUT2D eigenvalue weighted by molar-refractivity contribution is 6.29. The van der Waals surface area contributed by atoms with Crippen molar-refractivity contribution in [2.45, 2.75) is 33.2 Å². The Bertz CT molecular complexity index is 792. The molecule has 0 unspecified atom stereocenters. The van der Waals surface area contributed by atoms with Gasteiger partial charge in [-0.15, -0.1) is 0 Å². The van der Waals surface area contributed by atoms with Gasteiger partial charge in [0.05, 0.1) is 6.20 Å². The maximum atomic E-state index is 6.03. The van der Waals surface area contributed by atoms with Crippen LogP contribution in [0.1, 0.15) is 32.4 Å². The minimum atomic E-state index is 0.352. The molecule has 0 spiro atoms. The molecule has 0 amide bonds. The van der Waals surface area contributed by atoms with Crippen LogP contribution in [0.15, 0.2) is 30.6 Å². The highest BCUT2D eigenvalue weighted by Gasteiger charge is 2.14. The molecule has 3 aromatic heterocycles. The fourth-order valence-corrected chi connectivity index (χ4v) is 2.58. The van der Waals surface area contributed by atoms with Crippen LogP contribution in [-0.4, -0.2) is 19.7 Å². The molecule has 0 N–H and O–H groups in total. The Hall–Kier alpha value is -1.94. The normalized spacial score (nSPS) is 11.5. The van der Waals surface area contributed by atoms with Crippen LogP contribution in [0.25, 0.3) is 22.2 Å². The lowest BCUT2D eigenvalue weighted by atomic mass is 10.0. The molecule has 0 aromatic carbocycles. The van der Waals surface area contributed by atoms with Gasteiger partial charge in [0.25, 0.3) is 0 Å². The quantitative estimate of drug-likeness (QED) is 0.678. The first-order chi connectivity index (χ1) is 10.1. The Morgan fingerprint density at radius 3 is 2.76 bits per heavy atom.